The van der Waals surface area contributed by atoms with Crippen LogP contribution in [0.4, 0.5) is 0 Å². The average Bonchev–Trinajstić information content (AvgIpc) is 2.83. The molecule has 3 aromatic rings. The highest BCUT2D eigenvalue weighted by atomic mass is 79.9. The van der Waals surface area contributed by atoms with Crippen molar-refractivity contribution in [1.82, 2.24) is 0 Å². The number of esters is 1. The first kappa shape index (κ1) is 23.4. The van der Waals surface area contributed by atoms with Crippen molar-refractivity contribution < 1.29 is 19.0 Å². The standard InChI is InChI=1S/C27H23BrN2O4/c1-2-3-12-32-20-9-5-7-18(14-20)27(31)33-21-10-11-22-24(15-21)34-26(30)23(16-29)25(22)17-6-4-8-19(28)13-17/h4-11,13-15,25H,2-3,12,30H2,1H3. The summed E-state index contributed by atoms with van der Waals surface area (Å²) in [6.45, 7) is 2.68. The number of nitrogens with two attached hydrogens (primary N) is 1. The molecule has 4 rings (SSSR count). The molecule has 0 saturated carbocycles. The summed E-state index contributed by atoms with van der Waals surface area (Å²) in [4.78, 5) is 12.7. The minimum absolute atomic E-state index is 0.0281. The molecule has 0 fully saturated rings. The lowest BCUT2D eigenvalue weighted by atomic mass is 9.83. The summed E-state index contributed by atoms with van der Waals surface area (Å²) in [5, 5.41) is 9.72. The Balaban J connectivity index is 1.59. The Kier molecular flexibility index (Phi) is 7.19. The minimum atomic E-state index is -0.513. The number of allylic oxidation sites excluding steroid dienone is 1. The fourth-order valence-corrected chi connectivity index (χ4v) is 4.16. The minimum Gasteiger partial charge on any atom is -0.494 e. The number of hydrogen-bond acceptors (Lipinski definition) is 6. The molecular weight excluding hydrogens is 496 g/mol. The van der Waals surface area contributed by atoms with Crippen molar-refractivity contribution in [3.8, 4) is 23.3 Å². The third kappa shape index (κ3) is 5.08. The molecule has 0 saturated heterocycles. The topological polar surface area (TPSA) is 94.6 Å². The van der Waals surface area contributed by atoms with Crippen LogP contribution in [0, 0.1) is 11.3 Å². The SMILES string of the molecule is CCCCOc1cccc(C(=O)Oc2ccc3c(c2)OC(N)=C(C#N)C3c2cccc(Br)c2)c1. The highest BCUT2D eigenvalue weighted by Crippen LogP contribution is 2.43. The van der Waals surface area contributed by atoms with Crippen molar-refractivity contribution in [2.75, 3.05) is 6.61 Å². The first-order chi connectivity index (χ1) is 16.5. The molecule has 172 valence electrons. The fraction of sp³-hybridized carbons (Fsp3) is 0.185. The number of halogens is 1. The van der Waals surface area contributed by atoms with Crippen LogP contribution in [0.15, 0.2) is 82.7 Å². The average molecular weight is 519 g/mol. The maximum atomic E-state index is 12.7. The highest BCUT2D eigenvalue weighted by molar-refractivity contribution is 9.10. The predicted octanol–water partition coefficient (Wildman–Crippen LogP) is 6.07. The molecule has 0 spiro atoms. The normalized spacial score (nSPS) is 14.6. The van der Waals surface area contributed by atoms with Gasteiger partial charge < -0.3 is 19.9 Å². The van der Waals surface area contributed by atoms with Gasteiger partial charge in [0.2, 0.25) is 5.88 Å². The van der Waals surface area contributed by atoms with E-state index in [2.05, 4.69) is 28.9 Å². The number of carbonyl (C=O) groups excluding carboxylic acids is 1. The second-order valence-electron chi connectivity index (χ2n) is 7.80. The summed E-state index contributed by atoms with van der Waals surface area (Å²) in [6, 6.07) is 21.8. The third-order valence-corrected chi connectivity index (χ3v) is 5.91. The van der Waals surface area contributed by atoms with Crippen LogP contribution in [-0.4, -0.2) is 12.6 Å². The molecule has 0 bridgehead atoms. The summed E-state index contributed by atoms with van der Waals surface area (Å²) in [6.07, 6.45) is 1.97. The molecule has 1 heterocycles. The van der Waals surface area contributed by atoms with Crippen molar-refractivity contribution in [3.05, 3.63) is 99.3 Å². The van der Waals surface area contributed by atoms with Gasteiger partial charge in [-0.1, -0.05) is 53.5 Å². The number of hydrogen-bond donors (Lipinski definition) is 1. The number of carbonyl (C=O) groups is 1. The summed E-state index contributed by atoms with van der Waals surface area (Å²) in [5.41, 5.74) is 8.44. The smallest absolute Gasteiger partial charge is 0.343 e. The van der Waals surface area contributed by atoms with Gasteiger partial charge in [0.1, 0.15) is 28.9 Å². The summed E-state index contributed by atoms with van der Waals surface area (Å²) >= 11 is 3.48. The van der Waals surface area contributed by atoms with E-state index in [0.717, 1.165) is 28.4 Å². The van der Waals surface area contributed by atoms with Crippen LogP contribution >= 0.6 is 15.9 Å². The Morgan fingerprint density at radius 3 is 2.71 bits per heavy atom. The Bertz CT molecular complexity index is 1300. The van der Waals surface area contributed by atoms with Crippen LogP contribution in [0.1, 0.15) is 47.2 Å². The Labute approximate surface area is 206 Å². The largest absolute Gasteiger partial charge is 0.494 e. The van der Waals surface area contributed by atoms with E-state index in [1.54, 1.807) is 36.4 Å². The fourth-order valence-electron chi connectivity index (χ4n) is 3.74. The molecule has 34 heavy (non-hydrogen) atoms. The van der Waals surface area contributed by atoms with Crippen molar-refractivity contribution in [1.29, 1.82) is 5.26 Å². The van der Waals surface area contributed by atoms with Gasteiger partial charge in [0.15, 0.2) is 0 Å². The maximum absolute atomic E-state index is 12.7. The number of unbranched alkanes of at least 4 members (excludes halogenated alkanes) is 1. The van der Waals surface area contributed by atoms with Gasteiger partial charge in [-0.25, -0.2) is 4.79 Å². The number of rotatable bonds is 7. The first-order valence-corrected chi connectivity index (χ1v) is 11.7. The lowest BCUT2D eigenvalue weighted by Crippen LogP contribution is -2.21. The number of nitrogens with zero attached hydrogens (tertiary/aromatic N) is 1. The molecule has 1 aliphatic rings. The van der Waals surface area contributed by atoms with Crippen LogP contribution in [0.3, 0.4) is 0 Å². The van der Waals surface area contributed by atoms with Crippen molar-refractivity contribution in [3.63, 3.8) is 0 Å². The Hall–Kier alpha value is -3.76. The molecule has 2 N–H and O–H groups in total. The summed E-state index contributed by atoms with van der Waals surface area (Å²) in [7, 11) is 0. The summed E-state index contributed by atoms with van der Waals surface area (Å²) < 4.78 is 17.9. The maximum Gasteiger partial charge on any atom is 0.343 e. The molecule has 1 unspecified atom stereocenters. The van der Waals surface area contributed by atoms with Crippen LogP contribution in [0.2, 0.25) is 0 Å². The Morgan fingerprint density at radius 2 is 1.94 bits per heavy atom. The van der Waals surface area contributed by atoms with Crippen LogP contribution < -0.4 is 19.9 Å². The zero-order chi connectivity index (χ0) is 24.1. The highest BCUT2D eigenvalue weighted by Gasteiger charge is 2.31. The molecule has 6 nitrogen and oxygen atoms in total. The van der Waals surface area contributed by atoms with Gasteiger partial charge in [-0.05, 0) is 48.4 Å². The monoisotopic (exact) mass is 518 g/mol. The molecule has 1 atom stereocenters. The van der Waals surface area contributed by atoms with Gasteiger partial charge in [-0.15, -0.1) is 0 Å². The zero-order valence-corrected chi connectivity index (χ0v) is 20.2. The number of nitriles is 1. The molecule has 1 aliphatic heterocycles. The molecule has 0 amide bonds. The predicted molar refractivity (Wildman–Crippen MR) is 132 cm³/mol. The van der Waals surface area contributed by atoms with E-state index < -0.39 is 11.9 Å². The van der Waals surface area contributed by atoms with Gasteiger partial charge in [0.25, 0.3) is 0 Å². The Morgan fingerprint density at radius 1 is 1.12 bits per heavy atom. The van der Waals surface area contributed by atoms with Crippen molar-refractivity contribution in [2.24, 2.45) is 5.73 Å². The van der Waals surface area contributed by atoms with Gasteiger partial charge in [-0.3, -0.25) is 0 Å². The third-order valence-electron chi connectivity index (χ3n) is 5.42. The lowest BCUT2D eigenvalue weighted by Gasteiger charge is -2.26. The molecule has 0 aliphatic carbocycles. The molecule has 7 heteroatoms. The molecular formula is C27H23BrN2O4. The molecule has 0 radical (unpaired) electrons. The van der Waals surface area contributed by atoms with Crippen LogP contribution in [0.25, 0.3) is 0 Å². The molecule has 3 aromatic carbocycles. The van der Waals surface area contributed by atoms with Gasteiger partial charge in [0.05, 0.1) is 18.1 Å². The van der Waals surface area contributed by atoms with Gasteiger partial charge >= 0.3 is 5.97 Å². The van der Waals surface area contributed by atoms with Crippen molar-refractivity contribution >= 4 is 21.9 Å². The van der Waals surface area contributed by atoms with Crippen LogP contribution in [-0.2, 0) is 0 Å². The first-order valence-electron chi connectivity index (χ1n) is 10.9. The second-order valence-corrected chi connectivity index (χ2v) is 8.71. The van der Waals surface area contributed by atoms with Gasteiger partial charge in [0, 0.05) is 16.1 Å². The number of ether oxygens (including phenoxy) is 3. The van der Waals surface area contributed by atoms with Gasteiger partial charge in [-0.2, -0.15) is 5.26 Å². The van der Waals surface area contributed by atoms with E-state index >= 15 is 0 Å². The van der Waals surface area contributed by atoms with E-state index in [-0.39, 0.29) is 5.88 Å². The quantitative estimate of drug-likeness (QED) is 0.232. The van der Waals surface area contributed by atoms with E-state index in [0.29, 0.717) is 35.0 Å². The van der Waals surface area contributed by atoms with Crippen LogP contribution in [0.5, 0.6) is 17.2 Å². The van der Waals surface area contributed by atoms with Crippen molar-refractivity contribution in [2.45, 2.75) is 25.7 Å². The van der Waals surface area contributed by atoms with E-state index in [9.17, 15) is 10.1 Å². The van der Waals surface area contributed by atoms with E-state index in [1.165, 1.54) is 0 Å². The zero-order valence-electron chi connectivity index (χ0n) is 18.6. The van der Waals surface area contributed by atoms with E-state index in [1.807, 2.05) is 30.3 Å². The number of fused-ring (bicyclic) bond motifs is 1. The number of benzene rings is 3. The lowest BCUT2D eigenvalue weighted by molar-refractivity contribution is 0.0734. The summed E-state index contributed by atoms with van der Waals surface area (Å²) in [5.74, 6) is 0.482. The second kappa shape index (κ2) is 10.4. The van der Waals surface area contributed by atoms with E-state index in [4.69, 9.17) is 19.9 Å². The molecule has 0 aromatic heterocycles.